The fraction of sp³-hybridized carbons (Fsp3) is 0. The first-order valence-electron chi connectivity index (χ1n) is 5.94. The number of imidazole rings is 1. The van der Waals surface area contributed by atoms with E-state index in [0.717, 1.165) is 11.4 Å². The van der Waals surface area contributed by atoms with Gasteiger partial charge in [0.1, 0.15) is 5.82 Å². The Bertz CT molecular complexity index is 677. The molecule has 3 rings (SSSR count). The SMILES string of the molecule is Fc1cccc(-n2ccnc2Nc2ccccc2)c1. The van der Waals surface area contributed by atoms with Gasteiger partial charge in [0.2, 0.25) is 5.95 Å². The predicted molar refractivity (Wildman–Crippen MR) is 73.2 cm³/mol. The minimum absolute atomic E-state index is 0.267. The van der Waals surface area contributed by atoms with Crippen molar-refractivity contribution in [3.63, 3.8) is 0 Å². The van der Waals surface area contributed by atoms with Crippen molar-refractivity contribution in [1.82, 2.24) is 9.55 Å². The summed E-state index contributed by atoms with van der Waals surface area (Å²) >= 11 is 0. The lowest BCUT2D eigenvalue weighted by Gasteiger charge is -2.09. The van der Waals surface area contributed by atoms with Crippen molar-refractivity contribution < 1.29 is 4.39 Å². The second-order valence-electron chi connectivity index (χ2n) is 4.09. The average molecular weight is 253 g/mol. The van der Waals surface area contributed by atoms with E-state index in [2.05, 4.69) is 10.3 Å². The Labute approximate surface area is 110 Å². The maximum Gasteiger partial charge on any atom is 0.212 e. The maximum atomic E-state index is 13.3. The van der Waals surface area contributed by atoms with Gasteiger partial charge in [0.15, 0.2) is 0 Å². The molecule has 1 heterocycles. The molecule has 0 saturated carbocycles. The molecule has 0 fully saturated rings. The topological polar surface area (TPSA) is 29.9 Å². The monoisotopic (exact) mass is 253 g/mol. The van der Waals surface area contributed by atoms with Gasteiger partial charge in [0.05, 0.1) is 5.69 Å². The third kappa shape index (κ3) is 2.47. The molecule has 1 N–H and O–H groups in total. The minimum Gasteiger partial charge on any atom is -0.325 e. The van der Waals surface area contributed by atoms with Crippen molar-refractivity contribution in [1.29, 1.82) is 0 Å². The van der Waals surface area contributed by atoms with E-state index < -0.39 is 0 Å². The molecule has 0 amide bonds. The third-order valence-corrected chi connectivity index (χ3v) is 2.76. The molecule has 4 heteroatoms. The Morgan fingerprint density at radius 3 is 2.63 bits per heavy atom. The summed E-state index contributed by atoms with van der Waals surface area (Å²) < 4.78 is 15.1. The average Bonchev–Trinajstić information content (AvgIpc) is 2.88. The Hall–Kier alpha value is -2.62. The molecule has 0 aliphatic heterocycles. The molecule has 0 bridgehead atoms. The van der Waals surface area contributed by atoms with Gasteiger partial charge in [-0.05, 0) is 30.3 Å². The van der Waals surface area contributed by atoms with Crippen molar-refractivity contribution in [2.24, 2.45) is 0 Å². The first-order valence-corrected chi connectivity index (χ1v) is 5.94. The zero-order valence-corrected chi connectivity index (χ0v) is 10.1. The van der Waals surface area contributed by atoms with Gasteiger partial charge in [-0.25, -0.2) is 9.37 Å². The molecule has 0 atom stereocenters. The molecule has 94 valence electrons. The summed E-state index contributed by atoms with van der Waals surface area (Å²) in [6, 6.07) is 16.1. The number of hydrogen-bond donors (Lipinski definition) is 1. The highest BCUT2D eigenvalue weighted by Gasteiger charge is 2.05. The molecule has 1 aromatic heterocycles. The highest BCUT2D eigenvalue weighted by molar-refractivity contribution is 5.55. The number of para-hydroxylation sites is 1. The second-order valence-corrected chi connectivity index (χ2v) is 4.09. The van der Waals surface area contributed by atoms with Crippen LogP contribution in [0.3, 0.4) is 0 Å². The van der Waals surface area contributed by atoms with E-state index >= 15 is 0 Å². The maximum absolute atomic E-state index is 13.3. The van der Waals surface area contributed by atoms with Crippen molar-refractivity contribution in [2.45, 2.75) is 0 Å². The summed E-state index contributed by atoms with van der Waals surface area (Å²) in [7, 11) is 0. The number of aromatic nitrogens is 2. The van der Waals surface area contributed by atoms with Crippen LogP contribution in [0, 0.1) is 5.82 Å². The Balaban J connectivity index is 1.95. The summed E-state index contributed by atoms with van der Waals surface area (Å²) in [5.74, 6) is 0.383. The minimum atomic E-state index is -0.267. The van der Waals surface area contributed by atoms with Gasteiger partial charge in [0.25, 0.3) is 0 Å². The predicted octanol–water partition coefficient (Wildman–Crippen LogP) is 3.76. The van der Waals surface area contributed by atoms with Gasteiger partial charge in [0, 0.05) is 18.1 Å². The van der Waals surface area contributed by atoms with Gasteiger partial charge in [-0.3, -0.25) is 4.57 Å². The molecule has 2 aromatic carbocycles. The molecule has 3 nitrogen and oxygen atoms in total. The lowest BCUT2D eigenvalue weighted by Crippen LogP contribution is -2.01. The van der Waals surface area contributed by atoms with Crippen molar-refractivity contribution in [3.8, 4) is 5.69 Å². The zero-order valence-electron chi connectivity index (χ0n) is 10.1. The molecule has 0 radical (unpaired) electrons. The van der Waals surface area contributed by atoms with Gasteiger partial charge in [-0.1, -0.05) is 24.3 Å². The van der Waals surface area contributed by atoms with Crippen molar-refractivity contribution in [3.05, 3.63) is 72.8 Å². The molecule has 0 aliphatic carbocycles. The van der Waals surface area contributed by atoms with Crippen molar-refractivity contribution in [2.75, 3.05) is 5.32 Å². The van der Waals surface area contributed by atoms with Crippen LogP contribution in [0.5, 0.6) is 0 Å². The van der Waals surface area contributed by atoms with E-state index in [1.165, 1.54) is 12.1 Å². The van der Waals surface area contributed by atoms with Gasteiger partial charge in [-0.15, -0.1) is 0 Å². The molecule has 19 heavy (non-hydrogen) atoms. The molecule has 0 saturated heterocycles. The molecule has 3 aromatic rings. The van der Waals surface area contributed by atoms with Crippen LogP contribution in [-0.2, 0) is 0 Å². The first-order chi connectivity index (χ1) is 9.33. The van der Waals surface area contributed by atoms with Crippen LogP contribution in [0.2, 0.25) is 0 Å². The fourth-order valence-corrected chi connectivity index (χ4v) is 1.88. The van der Waals surface area contributed by atoms with Crippen LogP contribution in [0.25, 0.3) is 5.69 Å². The summed E-state index contributed by atoms with van der Waals surface area (Å²) in [5.41, 5.74) is 1.67. The van der Waals surface area contributed by atoms with Crippen LogP contribution in [0.15, 0.2) is 67.0 Å². The fourth-order valence-electron chi connectivity index (χ4n) is 1.88. The van der Waals surface area contributed by atoms with Crippen LogP contribution >= 0.6 is 0 Å². The van der Waals surface area contributed by atoms with Crippen LogP contribution in [0.4, 0.5) is 16.0 Å². The smallest absolute Gasteiger partial charge is 0.212 e. The summed E-state index contributed by atoms with van der Waals surface area (Å²) in [4.78, 5) is 4.25. The summed E-state index contributed by atoms with van der Waals surface area (Å²) in [5, 5.41) is 3.20. The third-order valence-electron chi connectivity index (χ3n) is 2.76. The van der Waals surface area contributed by atoms with Crippen LogP contribution < -0.4 is 5.32 Å². The standard InChI is InChI=1S/C15H12FN3/c16-12-5-4-8-14(11-12)19-10-9-17-15(19)18-13-6-2-1-3-7-13/h1-11H,(H,17,18). The van der Waals surface area contributed by atoms with Gasteiger partial charge >= 0.3 is 0 Å². The quantitative estimate of drug-likeness (QED) is 0.770. The van der Waals surface area contributed by atoms with E-state index in [9.17, 15) is 4.39 Å². The number of nitrogens with zero attached hydrogens (tertiary/aromatic N) is 2. The zero-order chi connectivity index (χ0) is 13.1. The largest absolute Gasteiger partial charge is 0.325 e. The lowest BCUT2D eigenvalue weighted by atomic mass is 10.3. The highest BCUT2D eigenvalue weighted by Crippen LogP contribution is 2.19. The number of benzene rings is 2. The summed E-state index contributed by atoms with van der Waals surface area (Å²) in [6.07, 6.45) is 3.47. The van der Waals surface area contributed by atoms with E-state index in [1.54, 1.807) is 23.0 Å². The molecule has 0 unspecified atom stereocenters. The molecular formula is C15H12FN3. The Morgan fingerprint density at radius 2 is 1.84 bits per heavy atom. The molecular weight excluding hydrogens is 241 g/mol. The van der Waals surface area contributed by atoms with Crippen LogP contribution in [0.1, 0.15) is 0 Å². The Kier molecular flexibility index (Phi) is 2.98. The van der Waals surface area contributed by atoms with E-state index in [4.69, 9.17) is 0 Å². The number of hydrogen-bond acceptors (Lipinski definition) is 2. The van der Waals surface area contributed by atoms with E-state index in [1.807, 2.05) is 36.4 Å². The van der Waals surface area contributed by atoms with Crippen LogP contribution in [-0.4, -0.2) is 9.55 Å². The first kappa shape index (κ1) is 11.5. The van der Waals surface area contributed by atoms with Crippen molar-refractivity contribution >= 4 is 11.6 Å². The highest BCUT2D eigenvalue weighted by atomic mass is 19.1. The summed E-state index contributed by atoms with van der Waals surface area (Å²) in [6.45, 7) is 0. The lowest BCUT2D eigenvalue weighted by molar-refractivity contribution is 0.626. The molecule has 0 spiro atoms. The second kappa shape index (κ2) is 4.94. The Morgan fingerprint density at radius 1 is 1.00 bits per heavy atom. The van der Waals surface area contributed by atoms with Gasteiger partial charge in [-0.2, -0.15) is 0 Å². The number of halogens is 1. The number of anilines is 2. The number of nitrogens with one attached hydrogen (secondary N) is 1. The normalized spacial score (nSPS) is 10.4. The van der Waals surface area contributed by atoms with Gasteiger partial charge < -0.3 is 5.32 Å². The number of rotatable bonds is 3. The molecule has 0 aliphatic rings. The van der Waals surface area contributed by atoms with E-state index in [-0.39, 0.29) is 5.82 Å². The van der Waals surface area contributed by atoms with E-state index in [0.29, 0.717) is 5.95 Å².